The maximum absolute atomic E-state index is 2.20. The zero-order chi connectivity index (χ0) is 19.9. The third-order valence-corrected chi connectivity index (χ3v) is 4.03. The quantitative estimate of drug-likeness (QED) is 0.374. The van der Waals surface area contributed by atoms with Gasteiger partial charge in [0.2, 0.25) is 0 Å². The number of hydrogen-bond acceptors (Lipinski definition) is 0. The lowest BCUT2D eigenvalue weighted by Gasteiger charge is -1.98. The van der Waals surface area contributed by atoms with Crippen LogP contribution in [0.2, 0.25) is 0 Å². The highest BCUT2D eigenvalue weighted by molar-refractivity contribution is 5.28. The Kier molecular flexibility index (Phi) is 15.8. The molecule has 0 unspecified atom stereocenters. The van der Waals surface area contributed by atoms with Gasteiger partial charge in [0, 0.05) is 0 Å². The highest BCUT2D eigenvalue weighted by atomic mass is 13.9. The van der Waals surface area contributed by atoms with Crippen molar-refractivity contribution in [2.45, 2.75) is 62.8 Å². The monoisotopic (exact) mass is 364 g/mol. The summed E-state index contributed by atoms with van der Waals surface area (Å²) in [6, 6.07) is 25.1. The molecular weight excluding hydrogens is 324 g/mol. The molecule has 0 heterocycles. The minimum atomic E-state index is 0. The van der Waals surface area contributed by atoms with Crippen LogP contribution in [0.25, 0.3) is 0 Å². The third-order valence-electron chi connectivity index (χ3n) is 4.03. The molecule has 27 heavy (non-hydrogen) atoms. The lowest BCUT2D eigenvalue weighted by Crippen LogP contribution is -1.79. The van der Waals surface area contributed by atoms with Gasteiger partial charge in [-0.3, -0.25) is 0 Å². The SMILES string of the molecule is C.CC.Cc1ccc(C)c(C)c1.Cc1ccccc1.Cc1ccccc1C. The molecule has 0 N–H and O–H groups in total. The van der Waals surface area contributed by atoms with Crippen LogP contribution in [-0.4, -0.2) is 0 Å². The van der Waals surface area contributed by atoms with Crippen LogP contribution >= 0.6 is 0 Å². The molecule has 0 amide bonds. The molecule has 0 bridgehead atoms. The largest absolute Gasteiger partial charge is 0.0776 e. The van der Waals surface area contributed by atoms with E-state index in [1.165, 1.54) is 33.4 Å². The highest BCUT2D eigenvalue weighted by Gasteiger charge is 1.89. The van der Waals surface area contributed by atoms with Crippen molar-refractivity contribution < 1.29 is 0 Å². The van der Waals surface area contributed by atoms with E-state index >= 15 is 0 Å². The van der Waals surface area contributed by atoms with Gasteiger partial charge in [-0.05, 0) is 63.8 Å². The summed E-state index contributed by atoms with van der Waals surface area (Å²) < 4.78 is 0. The molecule has 0 fully saturated rings. The maximum Gasteiger partial charge on any atom is -0.0395 e. The van der Waals surface area contributed by atoms with E-state index in [0.717, 1.165) is 0 Å². The van der Waals surface area contributed by atoms with E-state index in [1.54, 1.807) is 0 Å². The topological polar surface area (TPSA) is 0 Å². The Morgan fingerprint density at radius 3 is 1.11 bits per heavy atom. The van der Waals surface area contributed by atoms with Crippen LogP contribution in [0.15, 0.2) is 72.8 Å². The van der Waals surface area contributed by atoms with Gasteiger partial charge in [0.05, 0.1) is 0 Å². The van der Waals surface area contributed by atoms with Gasteiger partial charge in [0.1, 0.15) is 0 Å². The zero-order valence-corrected chi connectivity index (χ0v) is 17.9. The Morgan fingerprint density at radius 2 is 0.815 bits per heavy atom. The first kappa shape index (κ1) is 26.9. The molecule has 0 radical (unpaired) electrons. The molecule has 0 saturated carbocycles. The van der Waals surface area contributed by atoms with Crippen molar-refractivity contribution in [2.75, 3.05) is 0 Å². The van der Waals surface area contributed by atoms with Gasteiger partial charge in [-0.1, -0.05) is 105 Å². The first-order valence-corrected chi connectivity index (χ1v) is 9.48. The molecule has 0 aliphatic carbocycles. The van der Waals surface area contributed by atoms with E-state index in [-0.39, 0.29) is 7.43 Å². The fourth-order valence-electron chi connectivity index (χ4n) is 2.09. The van der Waals surface area contributed by atoms with Crippen molar-refractivity contribution in [2.24, 2.45) is 0 Å². The molecule has 3 aromatic carbocycles. The molecule has 0 heteroatoms. The van der Waals surface area contributed by atoms with Gasteiger partial charge in [0.15, 0.2) is 0 Å². The van der Waals surface area contributed by atoms with Crippen LogP contribution < -0.4 is 0 Å². The normalized spacial score (nSPS) is 8.44. The molecule has 0 spiro atoms. The summed E-state index contributed by atoms with van der Waals surface area (Å²) in [5.41, 5.74) is 8.16. The first-order chi connectivity index (χ1) is 12.4. The van der Waals surface area contributed by atoms with Crippen molar-refractivity contribution in [1.82, 2.24) is 0 Å². The summed E-state index contributed by atoms with van der Waals surface area (Å²) in [6.45, 7) is 16.7. The number of rotatable bonds is 0. The summed E-state index contributed by atoms with van der Waals surface area (Å²) in [6.07, 6.45) is 0. The number of benzene rings is 3. The van der Waals surface area contributed by atoms with E-state index in [2.05, 4.69) is 96.1 Å². The van der Waals surface area contributed by atoms with Crippen molar-refractivity contribution >= 4 is 0 Å². The molecular formula is C27H40. The van der Waals surface area contributed by atoms with E-state index in [9.17, 15) is 0 Å². The second kappa shape index (κ2) is 15.9. The molecule has 0 saturated heterocycles. The Bertz CT molecular complexity index is 703. The van der Waals surface area contributed by atoms with E-state index in [1.807, 2.05) is 32.0 Å². The summed E-state index contributed by atoms with van der Waals surface area (Å²) in [7, 11) is 0. The van der Waals surface area contributed by atoms with Crippen molar-refractivity contribution in [3.63, 3.8) is 0 Å². The second-order valence-corrected chi connectivity index (χ2v) is 6.33. The van der Waals surface area contributed by atoms with Gasteiger partial charge in [-0.2, -0.15) is 0 Å². The molecule has 0 aliphatic heterocycles. The van der Waals surface area contributed by atoms with Crippen LogP contribution in [0, 0.1) is 41.5 Å². The second-order valence-electron chi connectivity index (χ2n) is 6.33. The molecule has 0 atom stereocenters. The fourth-order valence-corrected chi connectivity index (χ4v) is 2.09. The van der Waals surface area contributed by atoms with Crippen LogP contribution in [0.5, 0.6) is 0 Å². The van der Waals surface area contributed by atoms with Gasteiger partial charge in [-0.25, -0.2) is 0 Å². The number of hydrogen-bond donors (Lipinski definition) is 0. The average Bonchev–Trinajstić information content (AvgIpc) is 2.64. The van der Waals surface area contributed by atoms with E-state index in [0.29, 0.717) is 0 Å². The van der Waals surface area contributed by atoms with Crippen LogP contribution in [0.4, 0.5) is 0 Å². The lowest BCUT2D eigenvalue weighted by molar-refractivity contribution is 1.30. The first-order valence-electron chi connectivity index (χ1n) is 9.48. The Balaban J connectivity index is 0. The molecule has 0 aliphatic rings. The van der Waals surface area contributed by atoms with Crippen LogP contribution in [0.1, 0.15) is 54.7 Å². The maximum atomic E-state index is 2.20. The Hall–Kier alpha value is -2.34. The smallest absolute Gasteiger partial charge is 0.0395 e. The Morgan fingerprint density at radius 1 is 0.407 bits per heavy atom. The fraction of sp³-hybridized carbons (Fsp3) is 0.333. The number of aryl methyl sites for hydroxylation is 6. The summed E-state index contributed by atoms with van der Waals surface area (Å²) >= 11 is 0. The minimum Gasteiger partial charge on any atom is -0.0776 e. The van der Waals surface area contributed by atoms with Crippen molar-refractivity contribution in [3.8, 4) is 0 Å². The molecule has 148 valence electrons. The van der Waals surface area contributed by atoms with Gasteiger partial charge >= 0.3 is 0 Å². The molecule has 0 aromatic heterocycles. The van der Waals surface area contributed by atoms with Gasteiger partial charge in [-0.15, -0.1) is 0 Å². The van der Waals surface area contributed by atoms with Crippen LogP contribution in [0.3, 0.4) is 0 Å². The van der Waals surface area contributed by atoms with Crippen LogP contribution in [-0.2, 0) is 0 Å². The van der Waals surface area contributed by atoms with Gasteiger partial charge in [0.25, 0.3) is 0 Å². The average molecular weight is 365 g/mol. The summed E-state index contributed by atoms with van der Waals surface area (Å²) in [4.78, 5) is 0. The predicted molar refractivity (Wildman–Crippen MR) is 126 cm³/mol. The molecule has 0 nitrogen and oxygen atoms in total. The van der Waals surface area contributed by atoms with E-state index in [4.69, 9.17) is 0 Å². The minimum absolute atomic E-state index is 0. The molecule has 3 aromatic rings. The van der Waals surface area contributed by atoms with Crippen molar-refractivity contribution in [1.29, 1.82) is 0 Å². The standard InChI is InChI=1S/C9H12.C8H10.C7H8.C2H6.CH4/c1-7-4-5-8(2)9(3)6-7;1-7-5-3-4-6-8(7)2;1-7-5-3-2-4-6-7;1-2;/h4-6H,1-3H3;3-6H,1-2H3;2-6H,1H3;1-2H3;1H4. The predicted octanol–water partition coefficient (Wildman–Crippen LogP) is 8.57. The highest BCUT2D eigenvalue weighted by Crippen LogP contribution is 2.07. The Labute approximate surface area is 169 Å². The summed E-state index contributed by atoms with van der Waals surface area (Å²) in [5, 5.41) is 0. The molecule has 3 rings (SSSR count). The van der Waals surface area contributed by atoms with Crippen molar-refractivity contribution in [3.05, 3.63) is 106 Å². The zero-order valence-electron chi connectivity index (χ0n) is 17.9. The van der Waals surface area contributed by atoms with E-state index < -0.39 is 0 Å². The third kappa shape index (κ3) is 12.6. The lowest BCUT2D eigenvalue weighted by atomic mass is 10.1. The summed E-state index contributed by atoms with van der Waals surface area (Å²) in [5.74, 6) is 0. The van der Waals surface area contributed by atoms with Gasteiger partial charge < -0.3 is 0 Å².